The Morgan fingerprint density at radius 3 is 2.00 bits per heavy atom. The van der Waals surface area contributed by atoms with Crippen molar-refractivity contribution in [2.45, 2.75) is 76.3 Å². The maximum Gasteiger partial charge on any atom is 0.222 e. The number of carbonyl (C=O) groups excluding carboxylic acids is 1. The first-order chi connectivity index (χ1) is 10.8. The number of hydrogen-bond acceptors (Lipinski definition) is 6. The molecule has 0 aromatic carbocycles. The highest BCUT2D eigenvalue weighted by molar-refractivity contribution is 5.75. The fourth-order valence-corrected chi connectivity index (χ4v) is 2.30. The van der Waals surface area contributed by atoms with Crippen LogP contribution in [0.5, 0.6) is 0 Å². The van der Waals surface area contributed by atoms with Crippen LogP contribution in [0.1, 0.15) is 51.9 Å². The van der Waals surface area contributed by atoms with Crippen LogP contribution in [0.3, 0.4) is 0 Å². The number of unbranched alkanes of at least 4 members (excludes halogenated alkanes) is 5. The summed E-state index contributed by atoms with van der Waals surface area (Å²) in [6.45, 7) is 1.28. The van der Waals surface area contributed by atoms with Crippen LogP contribution >= 0.6 is 0 Å². The van der Waals surface area contributed by atoms with Crippen LogP contribution in [-0.4, -0.2) is 81.0 Å². The Balaban J connectivity index is 4.05. The molecule has 5 N–H and O–H groups in total. The van der Waals surface area contributed by atoms with Gasteiger partial charge in [0.2, 0.25) is 5.91 Å². The third kappa shape index (κ3) is 9.22. The lowest BCUT2D eigenvalue weighted by atomic mass is 10.0. The molecule has 138 valence electrons. The van der Waals surface area contributed by atoms with Gasteiger partial charge < -0.3 is 30.4 Å². The fourth-order valence-electron chi connectivity index (χ4n) is 2.30. The normalized spacial score (nSPS) is 16.7. The van der Waals surface area contributed by atoms with Crippen molar-refractivity contribution in [2.75, 3.05) is 20.2 Å². The van der Waals surface area contributed by atoms with Gasteiger partial charge >= 0.3 is 0 Å². The maximum atomic E-state index is 11.9. The predicted octanol–water partition coefficient (Wildman–Crippen LogP) is -0.369. The minimum absolute atomic E-state index is 0.135. The SMILES string of the molecule is CCCCCCCCC(=O)N(C)C[C@H](O)[C@H](O)[C@@H](O)[C@@H](O)CO. The lowest BCUT2D eigenvalue weighted by Gasteiger charge is -2.28. The van der Waals surface area contributed by atoms with E-state index in [9.17, 15) is 25.2 Å². The maximum absolute atomic E-state index is 11.9. The Hall–Kier alpha value is -0.730. The Labute approximate surface area is 138 Å². The zero-order valence-electron chi connectivity index (χ0n) is 14.3. The molecule has 0 radical (unpaired) electrons. The van der Waals surface area contributed by atoms with Crippen LogP contribution in [0.4, 0.5) is 0 Å². The molecular formula is C16H33NO6. The van der Waals surface area contributed by atoms with Gasteiger partial charge in [0.15, 0.2) is 0 Å². The van der Waals surface area contributed by atoms with Gasteiger partial charge in [0, 0.05) is 20.0 Å². The van der Waals surface area contributed by atoms with E-state index < -0.39 is 31.0 Å². The summed E-state index contributed by atoms with van der Waals surface area (Å²) >= 11 is 0. The number of aliphatic hydroxyl groups is 5. The van der Waals surface area contributed by atoms with Gasteiger partial charge in [0.05, 0.1) is 6.61 Å². The van der Waals surface area contributed by atoms with Crippen LogP contribution in [0, 0.1) is 0 Å². The van der Waals surface area contributed by atoms with Crippen molar-refractivity contribution in [2.24, 2.45) is 0 Å². The van der Waals surface area contributed by atoms with Crippen LogP contribution in [0.2, 0.25) is 0 Å². The van der Waals surface area contributed by atoms with E-state index in [1.165, 1.54) is 31.2 Å². The molecule has 0 rings (SSSR count). The molecule has 0 bridgehead atoms. The minimum atomic E-state index is -1.67. The minimum Gasteiger partial charge on any atom is -0.394 e. The van der Waals surface area contributed by atoms with Gasteiger partial charge in [-0.05, 0) is 6.42 Å². The number of aliphatic hydroxyl groups excluding tert-OH is 5. The van der Waals surface area contributed by atoms with Crippen LogP contribution in [-0.2, 0) is 4.79 Å². The highest BCUT2D eigenvalue weighted by Gasteiger charge is 2.31. The number of nitrogens with zero attached hydrogens (tertiary/aromatic N) is 1. The van der Waals surface area contributed by atoms with Gasteiger partial charge in [0.25, 0.3) is 0 Å². The molecule has 0 unspecified atom stereocenters. The Bertz CT molecular complexity index is 315. The van der Waals surface area contributed by atoms with Crippen molar-refractivity contribution in [1.29, 1.82) is 0 Å². The van der Waals surface area contributed by atoms with E-state index in [0.29, 0.717) is 6.42 Å². The smallest absolute Gasteiger partial charge is 0.222 e. The standard InChI is InChI=1S/C16H33NO6/c1-3-4-5-6-7-8-9-14(21)17(2)10-12(19)15(22)16(23)13(20)11-18/h12-13,15-16,18-20,22-23H,3-11H2,1-2H3/t12-,13-,15-,16-/m0/s1. The van der Waals surface area contributed by atoms with Crippen molar-refractivity contribution in [3.8, 4) is 0 Å². The van der Waals surface area contributed by atoms with Crippen molar-refractivity contribution >= 4 is 5.91 Å². The Morgan fingerprint density at radius 1 is 0.913 bits per heavy atom. The van der Waals surface area contributed by atoms with E-state index >= 15 is 0 Å². The van der Waals surface area contributed by atoms with Crippen molar-refractivity contribution in [1.82, 2.24) is 4.90 Å². The third-order valence-electron chi connectivity index (χ3n) is 3.96. The summed E-state index contributed by atoms with van der Waals surface area (Å²) in [5.41, 5.74) is 0. The topological polar surface area (TPSA) is 121 Å². The lowest BCUT2D eigenvalue weighted by Crippen LogP contribution is -2.49. The summed E-state index contributed by atoms with van der Waals surface area (Å²) in [4.78, 5) is 13.2. The van der Waals surface area contributed by atoms with Gasteiger partial charge in [-0.1, -0.05) is 39.0 Å². The zero-order chi connectivity index (χ0) is 17.8. The Morgan fingerprint density at radius 2 is 1.43 bits per heavy atom. The monoisotopic (exact) mass is 335 g/mol. The second-order valence-corrected chi connectivity index (χ2v) is 6.09. The summed E-state index contributed by atoms with van der Waals surface area (Å²) in [5, 5.41) is 47.0. The summed E-state index contributed by atoms with van der Waals surface area (Å²) < 4.78 is 0. The first-order valence-corrected chi connectivity index (χ1v) is 8.42. The second-order valence-electron chi connectivity index (χ2n) is 6.09. The molecule has 1 amide bonds. The van der Waals surface area contributed by atoms with E-state index in [1.807, 2.05) is 0 Å². The number of likely N-dealkylation sites (N-methyl/N-ethyl adjacent to an activating group) is 1. The Kier molecular flexibility index (Phi) is 12.3. The average Bonchev–Trinajstić information content (AvgIpc) is 2.55. The molecule has 0 aliphatic rings. The first-order valence-electron chi connectivity index (χ1n) is 8.42. The molecule has 0 aromatic rings. The van der Waals surface area contributed by atoms with E-state index in [0.717, 1.165) is 19.3 Å². The quantitative estimate of drug-likeness (QED) is 0.293. The molecule has 0 aromatic heterocycles. The van der Waals surface area contributed by atoms with E-state index in [1.54, 1.807) is 0 Å². The van der Waals surface area contributed by atoms with Gasteiger partial charge in [-0.15, -0.1) is 0 Å². The molecule has 0 saturated heterocycles. The van der Waals surface area contributed by atoms with E-state index in [-0.39, 0.29) is 12.5 Å². The molecule has 0 saturated carbocycles. The highest BCUT2D eigenvalue weighted by atomic mass is 16.4. The third-order valence-corrected chi connectivity index (χ3v) is 3.96. The molecule has 0 spiro atoms. The fraction of sp³-hybridized carbons (Fsp3) is 0.938. The molecule has 23 heavy (non-hydrogen) atoms. The van der Waals surface area contributed by atoms with Crippen LogP contribution < -0.4 is 0 Å². The average molecular weight is 335 g/mol. The summed E-state index contributed by atoms with van der Waals surface area (Å²) in [6.07, 6.45) is 0.593. The summed E-state index contributed by atoms with van der Waals surface area (Å²) in [5.74, 6) is -0.135. The molecule has 0 fully saturated rings. The number of carbonyl (C=O) groups is 1. The molecule has 4 atom stereocenters. The van der Waals surface area contributed by atoms with E-state index in [4.69, 9.17) is 5.11 Å². The van der Waals surface area contributed by atoms with Gasteiger partial charge in [-0.2, -0.15) is 0 Å². The van der Waals surface area contributed by atoms with E-state index in [2.05, 4.69) is 6.92 Å². The lowest BCUT2D eigenvalue weighted by molar-refractivity contribution is -0.138. The van der Waals surface area contributed by atoms with Gasteiger partial charge in [0.1, 0.15) is 24.4 Å². The van der Waals surface area contributed by atoms with Crippen molar-refractivity contribution in [3.63, 3.8) is 0 Å². The molecular weight excluding hydrogens is 302 g/mol. The number of hydrogen-bond donors (Lipinski definition) is 5. The van der Waals surface area contributed by atoms with Crippen LogP contribution in [0.15, 0.2) is 0 Å². The molecule has 7 heteroatoms. The van der Waals surface area contributed by atoms with Crippen molar-refractivity contribution < 1.29 is 30.3 Å². The number of rotatable bonds is 13. The van der Waals surface area contributed by atoms with Gasteiger partial charge in [-0.3, -0.25) is 4.79 Å². The largest absolute Gasteiger partial charge is 0.394 e. The molecule has 7 nitrogen and oxygen atoms in total. The zero-order valence-corrected chi connectivity index (χ0v) is 14.3. The molecule has 0 aliphatic carbocycles. The van der Waals surface area contributed by atoms with Gasteiger partial charge in [-0.25, -0.2) is 0 Å². The summed E-state index contributed by atoms with van der Waals surface area (Å²) in [6, 6.07) is 0. The number of amides is 1. The summed E-state index contributed by atoms with van der Waals surface area (Å²) in [7, 11) is 1.52. The second kappa shape index (κ2) is 12.7. The van der Waals surface area contributed by atoms with Crippen molar-refractivity contribution in [3.05, 3.63) is 0 Å². The predicted molar refractivity (Wildman–Crippen MR) is 86.7 cm³/mol. The highest BCUT2D eigenvalue weighted by Crippen LogP contribution is 2.10. The first kappa shape index (κ1) is 22.3. The van der Waals surface area contributed by atoms with Crippen LogP contribution in [0.25, 0.3) is 0 Å². The molecule has 0 heterocycles. The molecule has 0 aliphatic heterocycles.